The van der Waals surface area contributed by atoms with Crippen LogP contribution < -0.4 is 0 Å². The topological polar surface area (TPSA) is 65.1 Å². The lowest BCUT2D eigenvalue weighted by atomic mass is 9.79. The molecular weight excluding hydrogens is 634 g/mol. The van der Waals surface area contributed by atoms with E-state index in [2.05, 4.69) is 50.9 Å². The summed E-state index contributed by atoms with van der Waals surface area (Å²) in [5, 5.41) is 0. The molecule has 2 unspecified atom stereocenters. The average molecular weight is 716 g/mol. The summed E-state index contributed by atoms with van der Waals surface area (Å²) in [5.41, 5.74) is 7.56. The first kappa shape index (κ1) is 47.2. The van der Waals surface area contributed by atoms with Crippen molar-refractivity contribution in [3.05, 3.63) is 23.6 Å². The smallest absolute Gasteiger partial charge is 0.305 e. The number of nitrogens with zero attached hydrogens (tertiary/aromatic N) is 1. The van der Waals surface area contributed by atoms with Gasteiger partial charge in [-0.15, -0.1) is 0 Å². The van der Waals surface area contributed by atoms with Crippen molar-refractivity contribution in [3.63, 3.8) is 0 Å². The molecule has 1 saturated heterocycles. The summed E-state index contributed by atoms with van der Waals surface area (Å²) < 4.78 is 17.7. The minimum absolute atomic E-state index is 0.0712. The molecule has 51 heavy (non-hydrogen) atoms. The Hall–Kier alpha value is -1.84. The molecule has 0 aromatic rings. The predicted octanol–water partition coefficient (Wildman–Crippen LogP) is 12.0. The van der Waals surface area contributed by atoms with Gasteiger partial charge in [-0.05, 0) is 108 Å². The van der Waals surface area contributed by atoms with Crippen LogP contribution in [0.15, 0.2) is 23.6 Å². The van der Waals surface area contributed by atoms with Crippen LogP contribution in [0.5, 0.6) is 0 Å². The molecule has 1 fully saturated rings. The zero-order chi connectivity index (χ0) is 37.2. The van der Waals surface area contributed by atoms with Gasteiger partial charge in [0.25, 0.3) is 0 Å². The molecule has 1 aliphatic heterocycles. The first-order valence-corrected chi connectivity index (χ1v) is 21.6. The third kappa shape index (κ3) is 27.4. The fourth-order valence-electron chi connectivity index (χ4n) is 7.44. The molecule has 2 atom stereocenters. The molecule has 1 aliphatic rings. The standard InChI is InChI=1S/C45H81NO5/c1-6-9-29-41-33-37-50-44(47)31-23-19-15-11-13-17-21-27-40(39-49-36-25-35-46(4)5)28-22-18-14-12-16-20-24-32-45(48)51-38-34-42(30-10-7-2)43(41)26-8-3/h40-42H,3,6-7,9-25,27-39H2,1-2,4-5H3. The Morgan fingerprint density at radius 1 is 0.667 bits per heavy atom. The van der Waals surface area contributed by atoms with Gasteiger partial charge >= 0.3 is 11.9 Å². The molecule has 0 aromatic carbocycles. The molecule has 0 radical (unpaired) electrons. The van der Waals surface area contributed by atoms with Crippen molar-refractivity contribution >= 4 is 11.9 Å². The van der Waals surface area contributed by atoms with Crippen LogP contribution >= 0.6 is 0 Å². The Kier molecular flexibility index (Phi) is 31.4. The molecule has 0 saturated carbocycles. The SMILES string of the molecule is C=C=C=C1C(CCCC)CCOC(=O)CCCCCCCCCC(COCCCN(C)C)CCCCCCCCCC(=O)OCCC1CCCC. The Balaban J connectivity index is 2.77. The van der Waals surface area contributed by atoms with E-state index in [9.17, 15) is 9.59 Å². The number of unbranched alkanes of at least 4 members (excludes halogenated alkanes) is 2. The Morgan fingerprint density at radius 2 is 1.12 bits per heavy atom. The second kappa shape index (κ2) is 34.0. The van der Waals surface area contributed by atoms with E-state index in [0.29, 0.717) is 32.0 Å². The summed E-state index contributed by atoms with van der Waals surface area (Å²) >= 11 is 0. The maximum Gasteiger partial charge on any atom is 0.305 e. The van der Waals surface area contributed by atoms with E-state index in [-0.39, 0.29) is 23.8 Å². The molecule has 0 spiro atoms. The average Bonchev–Trinajstić information content (AvgIpc) is 3.11. The van der Waals surface area contributed by atoms with E-state index in [0.717, 1.165) is 103 Å². The van der Waals surface area contributed by atoms with Crippen LogP contribution in [0.3, 0.4) is 0 Å². The fourth-order valence-corrected chi connectivity index (χ4v) is 7.44. The van der Waals surface area contributed by atoms with Gasteiger partial charge in [0.2, 0.25) is 0 Å². The maximum absolute atomic E-state index is 12.6. The third-order valence-corrected chi connectivity index (χ3v) is 10.6. The second-order valence-electron chi connectivity index (χ2n) is 15.6. The largest absolute Gasteiger partial charge is 0.466 e. The van der Waals surface area contributed by atoms with Crippen LogP contribution in [0.2, 0.25) is 0 Å². The number of esters is 2. The third-order valence-electron chi connectivity index (χ3n) is 10.6. The summed E-state index contributed by atoms with van der Waals surface area (Å²) in [6.07, 6.45) is 29.4. The van der Waals surface area contributed by atoms with Crippen molar-refractivity contribution in [2.24, 2.45) is 17.8 Å². The van der Waals surface area contributed by atoms with Crippen LogP contribution in [0.1, 0.15) is 187 Å². The highest BCUT2D eigenvalue weighted by atomic mass is 16.5. The summed E-state index contributed by atoms with van der Waals surface area (Å²) in [4.78, 5) is 27.5. The Labute approximate surface area is 315 Å². The van der Waals surface area contributed by atoms with Gasteiger partial charge in [0.15, 0.2) is 0 Å². The number of ether oxygens (including phenoxy) is 3. The first-order valence-electron chi connectivity index (χ1n) is 21.6. The van der Waals surface area contributed by atoms with Crippen molar-refractivity contribution in [1.82, 2.24) is 4.90 Å². The number of hydrogen-bond donors (Lipinski definition) is 0. The predicted molar refractivity (Wildman–Crippen MR) is 214 cm³/mol. The van der Waals surface area contributed by atoms with Crippen molar-refractivity contribution < 1.29 is 23.8 Å². The summed E-state index contributed by atoms with van der Waals surface area (Å²) in [7, 11) is 4.24. The van der Waals surface area contributed by atoms with Crippen molar-refractivity contribution in [2.75, 3.05) is 47.1 Å². The number of allylic oxidation sites excluding steroid dienone is 1. The molecule has 1 rings (SSSR count). The maximum atomic E-state index is 12.6. The van der Waals surface area contributed by atoms with Crippen molar-refractivity contribution in [3.8, 4) is 0 Å². The number of rotatable bonds is 12. The Bertz CT molecular complexity index is 881. The van der Waals surface area contributed by atoms with E-state index in [1.54, 1.807) is 0 Å². The highest BCUT2D eigenvalue weighted by Gasteiger charge is 2.24. The zero-order valence-electron chi connectivity index (χ0n) is 34.1. The van der Waals surface area contributed by atoms with Gasteiger partial charge in [-0.1, -0.05) is 128 Å². The summed E-state index contributed by atoms with van der Waals surface area (Å²) in [6, 6.07) is 0. The molecule has 0 N–H and O–H groups in total. The molecule has 296 valence electrons. The monoisotopic (exact) mass is 716 g/mol. The van der Waals surface area contributed by atoms with Crippen LogP contribution in [-0.2, 0) is 23.8 Å². The zero-order valence-corrected chi connectivity index (χ0v) is 34.1. The van der Waals surface area contributed by atoms with Gasteiger partial charge in [-0.2, -0.15) is 0 Å². The molecule has 0 aromatic heterocycles. The minimum Gasteiger partial charge on any atom is -0.466 e. The van der Waals surface area contributed by atoms with Gasteiger partial charge in [-0.3, -0.25) is 9.59 Å². The Morgan fingerprint density at radius 3 is 1.55 bits per heavy atom. The number of carbonyl (C=O) groups is 2. The summed E-state index contributed by atoms with van der Waals surface area (Å²) in [5.74, 6) is 1.06. The van der Waals surface area contributed by atoms with Gasteiger partial charge in [0.05, 0.1) is 13.2 Å². The molecule has 0 amide bonds. The molecule has 6 nitrogen and oxygen atoms in total. The molecule has 0 aliphatic carbocycles. The fraction of sp³-hybridized carbons (Fsp3) is 0.867. The minimum atomic E-state index is -0.0712. The van der Waals surface area contributed by atoms with Crippen LogP contribution in [0.4, 0.5) is 0 Å². The van der Waals surface area contributed by atoms with Gasteiger partial charge < -0.3 is 19.1 Å². The second-order valence-corrected chi connectivity index (χ2v) is 15.6. The lowest BCUT2D eigenvalue weighted by molar-refractivity contribution is -0.144. The molecular formula is C45H81NO5. The number of carbonyl (C=O) groups excluding carboxylic acids is 2. The van der Waals surface area contributed by atoms with E-state index >= 15 is 0 Å². The van der Waals surface area contributed by atoms with Crippen molar-refractivity contribution in [1.29, 1.82) is 0 Å². The number of hydrogen-bond acceptors (Lipinski definition) is 6. The van der Waals surface area contributed by atoms with Crippen molar-refractivity contribution in [2.45, 2.75) is 187 Å². The normalized spacial score (nSPS) is 23.1. The van der Waals surface area contributed by atoms with Gasteiger partial charge in [0.1, 0.15) is 0 Å². The van der Waals surface area contributed by atoms with Gasteiger partial charge in [0, 0.05) is 26.1 Å². The van der Waals surface area contributed by atoms with Crippen LogP contribution in [-0.4, -0.2) is 63.9 Å². The highest BCUT2D eigenvalue weighted by Crippen LogP contribution is 2.33. The van der Waals surface area contributed by atoms with Crippen LogP contribution in [0.25, 0.3) is 0 Å². The lowest BCUT2D eigenvalue weighted by Crippen LogP contribution is -2.19. The first-order chi connectivity index (χ1) is 24.9. The number of cyclic esters (lactones) is 2. The molecule has 1 heterocycles. The summed E-state index contributed by atoms with van der Waals surface area (Å²) in [6.45, 7) is 12.0. The highest BCUT2D eigenvalue weighted by molar-refractivity contribution is 5.69. The van der Waals surface area contributed by atoms with E-state index < -0.39 is 0 Å². The quantitative estimate of drug-likeness (QED) is 0.114. The van der Waals surface area contributed by atoms with E-state index in [1.165, 1.54) is 82.6 Å². The van der Waals surface area contributed by atoms with Crippen LogP contribution in [0, 0.1) is 17.8 Å². The van der Waals surface area contributed by atoms with E-state index in [4.69, 9.17) is 14.2 Å². The van der Waals surface area contributed by atoms with Gasteiger partial charge in [-0.25, -0.2) is 0 Å². The molecule has 0 bridgehead atoms. The lowest BCUT2D eigenvalue weighted by Gasteiger charge is -2.26. The molecule has 6 heteroatoms. The van der Waals surface area contributed by atoms with E-state index in [1.807, 2.05) is 0 Å².